The van der Waals surface area contributed by atoms with Crippen molar-refractivity contribution < 1.29 is 4.42 Å². The van der Waals surface area contributed by atoms with Crippen LogP contribution in [-0.4, -0.2) is 4.57 Å². The Morgan fingerprint density at radius 3 is 1.76 bits per heavy atom. The Bertz CT molecular complexity index is 3970. The van der Waals surface area contributed by atoms with E-state index in [4.69, 9.17) is 4.42 Å². The smallest absolute Gasteiger partial charge is 0.136 e. The molecular weight excluding hydrogens is 813 g/mol. The number of para-hydroxylation sites is 4. The molecule has 0 fully saturated rings. The first-order valence-corrected chi connectivity index (χ1v) is 22.9. The third kappa shape index (κ3) is 6.59. The molecule has 0 unspecified atom stereocenters. The van der Waals surface area contributed by atoms with E-state index in [1.54, 1.807) is 0 Å². The van der Waals surface area contributed by atoms with Crippen molar-refractivity contribution in [2.24, 2.45) is 0 Å². The van der Waals surface area contributed by atoms with Crippen LogP contribution in [0.4, 0.5) is 17.1 Å². The summed E-state index contributed by atoms with van der Waals surface area (Å²) in [5.41, 5.74) is 17.8. The van der Waals surface area contributed by atoms with Gasteiger partial charge in [0.1, 0.15) is 11.2 Å². The molecule has 0 atom stereocenters. The molecule has 11 aromatic carbocycles. The van der Waals surface area contributed by atoms with E-state index in [1.807, 2.05) is 12.1 Å². The van der Waals surface area contributed by atoms with E-state index in [1.165, 1.54) is 54.8 Å². The lowest BCUT2D eigenvalue weighted by molar-refractivity contribution is 0.669. The number of hydrogen-bond acceptors (Lipinski definition) is 2. The third-order valence-corrected chi connectivity index (χ3v) is 13.4. The molecule has 0 aliphatic rings. The van der Waals surface area contributed by atoms with Crippen molar-refractivity contribution in [2.45, 2.75) is 0 Å². The fourth-order valence-corrected chi connectivity index (χ4v) is 10.3. The summed E-state index contributed by atoms with van der Waals surface area (Å²) in [5.74, 6) is 0. The van der Waals surface area contributed by atoms with Crippen molar-refractivity contribution in [1.82, 2.24) is 4.57 Å². The van der Waals surface area contributed by atoms with Gasteiger partial charge in [0.2, 0.25) is 0 Å². The molecule has 3 nitrogen and oxygen atoms in total. The normalized spacial score (nSPS) is 11.6. The summed E-state index contributed by atoms with van der Waals surface area (Å²) < 4.78 is 8.74. The largest absolute Gasteiger partial charge is 0.456 e. The second-order valence-electron chi connectivity index (χ2n) is 17.3. The van der Waals surface area contributed by atoms with Gasteiger partial charge in [-0.3, -0.25) is 0 Å². The van der Waals surface area contributed by atoms with Crippen LogP contribution in [0.15, 0.2) is 259 Å². The molecule has 0 saturated carbocycles. The fraction of sp³-hybridized carbons (Fsp3) is 0. The summed E-state index contributed by atoms with van der Waals surface area (Å²) in [6.07, 6.45) is 0. The maximum absolute atomic E-state index is 6.37. The van der Waals surface area contributed by atoms with Gasteiger partial charge in [-0.2, -0.15) is 0 Å². The maximum atomic E-state index is 6.37. The highest BCUT2D eigenvalue weighted by atomic mass is 16.3. The van der Waals surface area contributed by atoms with Crippen molar-refractivity contribution in [2.75, 3.05) is 4.90 Å². The van der Waals surface area contributed by atoms with Gasteiger partial charge < -0.3 is 13.9 Å². The minimum Gasteiger partial charge on any atom is -0.456 e. The number of furan rings is 1. The second-order valence-corrected chi connectivity index (χ2v) is 17.3. The van der Waals surface area contributed by atoms with Crippen LogP contribution >= 0.6 is 0 Å². The summed E-state index contributed by atoms with van der Waals surface area (Å²) in [7, 11) is 0. The third-order valence-electron chi connectivity index (χ3n) is 13.4. The lowest BCUT2D eigenvalue weighted by Gasteiger charge is -2.29. The number of nitrogens with zero attached hydrogens (tertiary/aromatic N) is 2. The fourth-order valence-electron chi connectivity index (χ4n) is 10.3. The Morgan fingerprint density at radius 1 is 0.313 bits per heavy atom. The van der Waals surface area contributed by atoms with Crippen molar-refractivity contribution in [3.63, 3.8) is 0 Å². The minimum atomic E-state index is 0.884. The molecule has 3 heteroatoms. The summed E-state index contributed by atoms with van der Waals surface area (Å²) >= 11 is 0. The Balaban J connectivity index is 0.970. The highest BCUT2D eigenvalue weighted by Gasteiger charge is 2.21. The van der Waals surface area contributed by atoms with Crippen LogP contribution in [-0.2, 0) is 0 Å². The molecular formula is C64H42N2O. The van der Waals surface area contributed by atoms with E-state index in [-0.39, 0.29) is 0 Å². The standard InChI is InChI=1S/C64H42N2O/c1-3-16-44(17-4-1)52-27-14-18-45-19-15-28-57(64(45)52)53-24-7-10-29-59(53)65(51-23-13-20-46(40-51)48-34-38-56-55-26-9-12-31-62(55)67-63(56)42-48)50-36-32-43(33-37-50)47-35-39-61-58(41-47)54-25-8-11-30-60(54)66(61)49-21-5-2-6-22-49/h1-42H. The van der Waals surface area contributed by atoms with Crippen LogP contribution in [0.5, 0.6) is 0 Å². The van der Waals surface area contributed by atoms with Crippen molar-refractivity contribution >= 4 is 71.6 Å². The molecule has 0 spiro atoms. The molecule has 0 saturated heterocycles. The Hall–Kier alpha value is -8.92. The van der Waals surface area contributed by atoms with E-state index in [9.17, 15) is 0 Å². The molecule has 2 heterocycles. The SMILES string of the molecule is c1ccc(-c2cccc3cccc(-c4ccccc4N(c4ccc(-c5ccc6c(c5)c5ccccc5n6-c5ccccc5)cc4)c4cccc(-c5ccc6c(c5)oc5ccccc56)c4)c23)cc1. The van der Waals surface area contributed by atoms with Crippen LogP contribution in [0.2, 0.25) is 0 Å². The lowest BCUT2D eigenvalue weighted by atomic mass is 9.90. The van der Waals surface area contributed by atoms with Gasteiger partial charge in [-0.05, 0) is 129 Å². The molecule has 13 rings (SSSR count). The maximum Gasteiger partial charge on any atom is 0.136 e. The number of fused-ring (bicyclic) bond motifs is 7. The van der Waals surface area contributed by atoms with Crippen LogP contribution < -0.4 is 4.90 Å². The first-order chi connectivity index (χ1) is 33.2. The summed E-state index contributed by atoms with van der Waals surface area (Å²) in [4.78, 5) is 2.42. The summed E-state index contributed by atoms with van der Waals surface area (Å²) in [6.45, 7) is 0. The zero-order valence-electron chi connectivity index (χ0n) is 36.6. The first-order valence-electron chi connectivity index (χ1n) is 22.9. The summed E-state index contributed by atoms with van der Waals surface area (Å²) in [6, 6.07) is 92.0. The summed E-state index contributed by atoms with van der Waals surface area (Å²) in [5, 5.41) is 7.17. The van der Waals surface area contributed by atoms with Gasteiger partial charge in [-0.15, -0.1) is 0 Å². The average molecular weight is 855 g/mol. The Morgan fingerprint density at radius 2 is 0.910 bits per heavy atom. The molecule has 0 N–H and O–H groups in total. The van der Waals surface area contributed by atoms with Gasteiger partial charge in [-0.1, -0.05) is 176 Å². The lowest BCUT2D eigenvalue weighted by Crippen LogP contribution is -2.11. The molecule has 314 valence electrons. The number of benzene rings is 11. The first kappa shape index (κ1) is 38.5. The van der Waals surface area contributed by atoms with Crippen LogP contribution in [0, 0.1) is 0 Å². The van der Waals surface area contributed by atoms with Crippen molar-refractivity contribution in [3.8, 4) is 50.2 Å². The highest BCUT2D eigenvalue weighted by molar-refractivity contribution is 6.11. The number of hydrogen-bond donors (Lipinski definition) is 0. The van der Waals surface area contributed by atoms with Gasteiger partial charge in [0.15, 0.2) is 0 Å². The quantitative estimate of drug-likeness (QED) is 0.152. The Kier molecular flexibility index (Phi) is 9.17. The van der Waals surface area contributed by atoms with Gasteiger partial charge in [0, 0.05) is 44.2 Å². The molecule has 0 aliphatic heterocycles. The van der Waals surface area contributed by atoms with E-state index in [2.05, 4.69) is 252 Å². The molecule has 0 amide bonds. The van der Waals surface area contributed by atoms with Crippen LogP contribution in [0.1, 0.15) is 0 Å². The molecule has 0 bridgehead atoms. The molecule has 0 radical (unpaired) electrons. The predicted octanol–water partition coefficient (Wildman–Crippen LogP) is 18.0. The average Bonchev–Trinajstić information content (AvgIpc) is 3.94. The number of anilines is 3. The van der Waals surface area contributed by atoms with E-state index < -0.39 is 0 Å². The zero-order chi connectivity index (χ0) is 44.3. The zero-order valence-corrected chi connectivity index (χ0v) is 36.6. The van der Waals surface area contributed by atoms with Gasteiger partial charge in [0.05, 0.1) is 16.7 Å². The van der Waals surface area contributed by atoms with Crippen molar-refractivity contribution in [1.29, 1.82) is 0 Å². The van der Waals surface area contributed by atoms with Gasteiger partial charge >= 0.3 is 0 Å². The molecule has 13 aromatic rings. The van der Waals surface area contributed by atoms with E-state index in [0.29, 0.717) is 0 Å². The van der Waals surface area contributed by atoms with Crippen LogP contribution in [0.3, 0.4) is 0 Å². The highest BCUT2D eigenvalue weighted by Crippen LogP contribution is 2.46. The van der Waals surface area contributed by atoms with Crippen LogP contribution in [0.25, 0.3) is 105 Å². The van der Waals surface area contributed by atoms with Gasteiger partial charge in [-0.25, -0.2) is 0 Å². The molecule has 2 aromatic heterocycles. The van der Waals surface area contributed by atoms with Gasteiger partial charge in [0.25, 0.3) is 0 Å². The second kappa shape index (κ2) is 16.0. The topological polar surface area (TPSA) is 21.3 Å². The number of rotatable bonds is 8. The molecule has 0 aliphatic carbocycles. The minimum absolute atomic E-state index is 0.884. The monoisotopic (exact) mass is 854 g/mol. The number of aromatic nitrogens is 1. The Labute approximate surface area is 388 Å². The van der Waals surface area contributed by atoms with Crippen molar-refractivity contribution in [3.05, 3.63) is 255 Å². The van der Waals surface area contributed by atoms with E-state index >= 15 is 0 Å². The predicted molar refractivity (Wildman–Crippen MR) is 282 cm³/mol. The van der Waals surface area contributed by atoms with E-state index in [0.717, 1.165) is 66.9 Å². The molecule has 67 heavy (non-hydrogen) atoms.